The summed E-state index contributed by atoms with van der Waals surface area (Å²) >= 11 is 0. The minimum absolute atomic E-state index is 0.0461. The quantitative estimate of drug-likeness (QED) is 0.153. The lowest BCUT2D eigenvalue weighted by molar-refractivity contribution is -0.122. The second-order valence-corrected chi connectivity index (χ2v) is 15.5. The van der Waals surface area contributed by atoms with Crippen molar-refractivity contribution in [2.45, 2.75) is 74.2 Å². The number of carbonyl (C=O) groups is 1. The number of ether oxygens (including phenoxy) is 1. The van der Waals surface area contributed by atoms with Gasteiger partial charge in [-0.05, 0) is 72.1 Å². The SMILES string of the molecule is CC1(C)Oc2c(S(=N)(=O)NC(c3ccccc3)(c3ccccc3)c3ccccc3)cnn2C1C(=O)Nc1c2c(cc3c1C[C@H](F)C3)CCC2. The lowest BCUT2D eigenvalue weighted by Gasteiger charge is -2.37. The lowest BCUT2D eigenvalue weighted by atomic mass is 9.78. The molecule has 3 N–H and O–H groups in total. The zero-order valence-electron chi connectivity index (χ0n) is 27.4. The van der Waals surface area contributed by atoms with Gasteiger partial charge in [-0.3, -0.25) is 4.79 Å². The van der Waals surface area contributed by atoms with Gasteiger partial charge in [-0.15, -0.1) is 0 Å². The first-order chi connectivity index (χ1) is 23.6. The van der Waals surface area contributed by atoms with E-state index >= 15 is 0 Å². The van der Waals surface area contributed by atoms with E-state index in [-0.39, 0.29) is 23.1 Å². The highest BCUT2D eigenvalue weighted by molar-refractivity contribution is 7.90. The number of alkyl halides is 1. The minimum Gasteiger partial charge on any atom is -0.468 e. The molecular formula is C39H38FN5O3S. The molecule has 250 valence electrons. The van der Waals surface area contributed by atoms with Crippen LogP contribution >= 0.6 is 0 Å². The van der Waals surface area contributed by atoms with Crippen LogP contribution in [0.15, 0.2) is 108 Å². The van der Waals surface area contributed by atoms with Crippen LogP contribution in [0, 0.1) is 4.78 Å². The van der Waals surface area contributed by atoms with E-state index in [1.54, 1.807) is 13.8 Å². The highest BCUT2D eigenvalue weighted by Gasteiger charge is 2.50. The molecule has 0 saturated carbocycles. The number of nitrogens with one attached hydrogen (secondary N) is 3. The number of aromatic nitrogens is 2. The average Bonchev–Trinajstić information content (AvgIpc) is 3.87. The van der Waals surface area contributed by atoms with Crippen molar-refractivity contribution in [1.82, 2.24) is 14.5 Å². The molecule has 10 heteroatoms. The van der Waals surface area contributed by atoms with Gasteiger partial charge in [0.05, 0.1) is 6.20 Å². The monoisotopic (exact) mass is 675 g/mol. The summed E-state index contributed by atoms with van der Waals surface area (Å²) in [7, 11) is -3.86. The number of anilines is 1. The second-order valence-electron chi connectivity index (χ2n) is 13.7. The molecule has 1 aliphatic heterocycles. The van der Waals surface area contributed by atoms with Crippen LogP contribution in [-0.4, -0.2) is 31.7 Å². The number of rotatable bonds is 8. The molecule has 4 aromatic carbocycles. The summed E-state index contributed by atoms with van der Waals surface area (Å²) in [6.07, 6.45) is 3.77. The molecule has 2 aliphatic carbocycles. The maximum atomic E-state index is 14.9. The van der Waals surface area contributed by atoms with Gasteiger partial charge < -0.3 is 10.1 Å². The molecule has 3 atom stereocenters. The molecule has 0 saturated heterocycles. The Kier molecular flexibility index (Phi) is 7.49. The second kappa shape index (κ2) is 11.7. The first-order valence-corrected chi connectivity index (χ1v) is 18.3. The molecule has 1 aromatic heterocycles. The molecule has 8 rings (SSSR count). The molecule has 0 fully saturated rings. The molecule has 3 aliphatic rings. The number of amides is 1. The van der Waals surface area contributed by atoms with Crippen LogP contribution in [0.4, 0.5) is 10.1 Å². The van der Waals surface area contributed by atoms with E-state index in [0.717, 1.165) is 58.3 Å². The number of benzene rings is 4. The number of nitrogens with zero attached hydrogens (tertiary/aromatic N) is 2. The Morgan fingerprint density at radius 1 is 0.918 bits per heavy atom. The zero-order valence-corrected chi connectivity index (χ0v) is 28.2. The zero-order chi connectivity index (χ0) is 34.0. The number of halogens is 1. The van der Waals surface area contributed by atoms with Crippen molar-refractivity contribution >= 4 is 21.5 Å². The first kappa shape index (κ1) is 31.5. The number of aryl methyl sites for hydroxylation is 1. The predicted molar refractivity (Wildman–Crippen MR) is 187 cm³/mol. The van der Waals surface area contributed by atoms with Crippen molar-refractivity contribution in [2.75, 3.05) is 5.32 Å². The Balaban J connectivity index is 1.19. The third-order valence-corrected chi connectivity index (χ3v) is 11.7. The van der Waals surface area contributed by atoms with Gasteiger partial charge in [0.25, 0.3) is 5.91 Å². The van der Waals surface area contributed by atoms with Crippen LogP contribution in [0.5, 0.6) is 5.88 Å². The van der Waals surface area contributed by atoms with Gasteiger partial charge in [0.1, 0.15) is 32.1 Å². The summed E-state index contributed by atoms with van der Waals surface area (Å²) in [5.41, 5.74) is 4.93. The fraction of sp³-hybridized carbons (Fsp3) is 0.282. The highest BCUT2D eigenvalue weighted by Crippen LogP contribution is 2.46. The summed E-state index contributed by atoms with van der Waals surface area (Å²) in [4.78, 5) is 14.3. The summed E-state index contributed by atoms with van der Waals surface area (Å²) < 4.78 is 50.1. The molecule has 49 heavy (non-hydrogen) atoms. The number of hydrogen-bond acceptors (Lipinski definition) is 5. The van der Waals surface area contributed by atoms with Gasteiger partial charge in [-0.2, -0.15) is 5.10 Å². The van der Waals surface area contributed by atoms with E-state index in [4.69, 9.17) is 4.74 Å². The van der Waals surface area contributed by atoms with Crippen molar-refractivity contribution < 1.29 is 18.1 Å². The van der Waals surface area contributed by atoms with E-state index in [9.17, 15) is 18.2 Å². The third-order valence-electron chi connectivity index (χ3n) is 10.2. The number of fused-ring (bicyclic) bond motifs is 3. The smallest absolute Gasteiger partial charge is 0.253 e. The average molecular weight is 676 g/mol. The molecule has 0 radical (unpaired) electrons. The van der Waals surface area contributed by atoms with Crippen LogP contribution in [0.25, 0.3) is 0 Å². The number of hydrogen-bond donors (Lipinski definition) is 3. The minimum atomic E-state index is -3.86. The maximum Gasteiger partial charge on any atom is 0.253 e. The third kappa shape index (κ3) is 5.16. The highest BCUT2D eigenvalue weighted by atomic mass is 32.2. The van der Waals surface area contributed by atoms with Crippen LogP contribution in [0.3, 0.4) is 0 Å². The summed E-state index contributed by atoms with van der Waals surface area (Å²) in [6.45, 7) is 3.57. The summed E-state index contributed by atoms with van der Waals surface area (Å²) in [6, 6.07) is 30.2. The summed E-state index contributed by atoms with van der Waals surface area (Å²) in [5, 5.41) is 7.71. The van der Waals surface area contributed by atoms with Crippen LogP contribution in [0.1, 0.15) is 65.3 Å². The van der Waals surface area contributed by atoms with Crippen molar-refractivity contribution in [3.05, 3.63) is 142 Å². The largest absolute Gasteiger partial charge is 0.468 e. The van der Waals surface area contributed by atoms with E-state index in [1.807, 2.05) is 91.0 Å². The van der Waals surface area contributed by atoms with E-state index in [2.05, 4.69) is 21.2 Å². The normalized spacial score (nSPS) is 20.1. The first-order valence-electron chi connectivity index (χ1n) is 16.7. The predicted octanol–water partition coefficient (Wildman–Crippen LogP) is 7.06. The standard InChI is InChI=1S/C39H38FN5O3S/c1-38(2)35(36(46)43-34-31-20-12-13-25(31)21-26-22-30(40)23-32(26)34)45-37(48-38)33(24-42-45)49(41,47)44-39(27-14-6-3-7-15-27,28-16-8-4-9-17-28)29-18-10-5-11-19-29/h3-11,14-19,21,24,30,35H,12-13,20,22-23H2,1-2H3,(H,43,46)(H2,41,44,47)/t30-,35?,49?/m1/s1. The van der Waals surface area contributed by atoms with Gasteiger partial charge >= 0.3 is 0 Å². The molecular weight excluding hydrogens is 638 g/mol. The van der Waals surface area contributed by atoms with E-state index in [1.165, 1.54) is 16.4 Å². The maximum absolute atomic E-state index is 14.9. The Morgan fingerprint density at radius 2 is 1.51 bits per heavy atom. The van der Waals surface area contributed by atoms with Crippen molar-refractivity contribution in [3.63, 3.8) is 0 Å². The summed E-state index contributed by atoms with van der Waals surface area (Å²) in [5.74, 6) is -0.243. The van der Waals surface area contributed by atoms with E-state index < -0.39 is 33.3 Å². The van der Waals surface area contributed by atoms with Gasteiger partial charge in [0.15, 0.2) is 6.04 Å². The Morgan fingerprint density at radius 3 is 2.10 bits per heavy atom. The molecule has 5 aromatic rings. The van der Waals surface area contributed by atoms with Crippen molar-refractivity contribution in [3.8, 4) is 5.88 Å². The van der Waals surface area contributed by atoms with Crippen molar-refractivity contribution in [1.29, 1.82) is 4.78 Å². The Bertz CT molecular complexity index is 2070. The lowest BCUT2D eigenvalue weighted by Crippen LogP contribution is -2.47. The molecule has 2 unspecified atom stereocenters. The fourth-order valence-electron chi connectivity index (χ4n) is 7.99. The Hall–Kier alpha value is -4.80. The number of carbonyl (C=O) groups excluding carboxylic acids is 1. The molecule has 2 heterocycles. The molecule has 0 bridgehead atoms. The van der Waals surface area contributed by atoms with Crippen molar-refractivity contribution in [2.24, 2.45) is 0 Å². The fourth-order valence-corrected chi connectivity index (χ4v) is 9.46. The molecule has 1 amide bonds. The van der Waals surface area contributed by atoms with Crippen LogP contribution in [-0.2, 0) is 45.9 Å². The van der Waals surface area contributed by atoms with Gasteiger partial charge in [0, 0.05) is 18.5 Å². The van der Waals surface area contributed by atoms with Gasteiger partial charge in [-0.25, -0.2) is 22.8 Å². The van der Waals surface area contributed by atoms with Gasteiger partial charge in [0.2, 0.25) is 5.88 Å². The van der Waals surface area contributed by atoms with E-state index in [0.29, 0.717) is 6.42 Å². The van der Waals surface area contributed by atoms with Crippen LogP contribution in [0.2, 0.25) is 0 Å². The van der Waals surface area contributed by atoms with Crippen LogP contribution < -0.4 is 14.8 Å². The van der Waals surface area contributed by atoms with Gasteiger partial charge in [-0.1, -0.05) is 97.1 Å². The Labute approximate surface area is 285 Å². The topological polar surface area (TPSA) is 109 Å². The molecule has 8 nitrogen and oxygen atoms in total. The molecule has 0 spiro atoms.